The van der Waals surface area contributed by atoms with Gasteiger partial charge in [0.15, 0.2) is 12.1 Å². The number of β-amino-alcohol motifs (C(OH)–C–C–N with tert-alkyl or cyclic N) is 1. The third kappa shape index (κ3) is 4.67. The summed E-state index contributed by atoms with van der Waals surface area (Å²) in [6.07, 6.45) is 2.87. The lowest BCUT2D eigenvalue weighted by Crippen LogP contribution is -2.40. The number of amides is 1. The zero-order valence-corrected chi connectivity index (χ0v) is 14.5. The van der Waals surface area contributed by atoms with Crippen LogP contribution in [-0.2, 0) is 0 Å². The lowest BCUT2D eigenvalue weighted by atomic mass is 9.96. The van der Waals surface area contributed by atoms with E-state index in [0.717, 1.165) is 31.5 Å². The molecule has 2 heterocycles. The summed E-state index contributed by atoms with van der Waals surface area (Å²) in [4.78, 5) is 18.3. The van der Waals surface area contributed by atoms with E-state index in [1.54, 1.807) is 6.92 Å². The first-order chi connectivity index (χ1) is 12.1. The van der Waals surface area contributed by atoms with Crippen molar-refractivity contribution < 1.29 is 14.3 Å². The number of hydrogen-bond acceptors (Lipinski definition) is 5. The molecule has 1 aliphatic rings. The Morgan fingerprint density at radius 3 is 2.72 bits per heavy atom. The number of carbonyl (C=O) groups is 1. The fourth-order valence-electron chi connectivity index (χ4n) is 3.24. The summed E-state index contributed by atoms with van der Waals surface area (Å²) in [6, 6.07) is 9.77. The van der Waals surface area contributed by atoms with Gasteiger partial charge in [-0.25, -0.2) is 4.98 Å². The van der Waals surface area contributed by atoms with E-state index in [1.807, 2.05) is 30.3 Å². The van der Waals surface area contributed by atoms with Crippen molar-refractivity contribution in [1.82, 2.24) is 15.2 Å². The van der Waals surface area contributed by atoms with E-state index < -0.39 is 6.10 Å². The number of piperidine rings is 1. The number of aryl methyl sites for hydroxylation is 1. The molecule has 2 aromatic rings. The zero-order chi connectivity index (χ0) is 17.6. The van der Waals surface area contributed by atoms with Gasteiger partial charge in [0.25, 0.3) is 5.91 Å². The molecule has 0 bridgehead atoms. The molecular formula is C19H25N3O3. The fraction of sp³-hybridized carbons (Fsp3) is 0.474. The highest BCUT2D eigenvalue weighted by Crippen LogP contribution is 2.20. The minimum atomic E-state index is -0.451. The van der Waals surface area contributed by atoms with Crippen LogP contribution in [0.4, 0.5) is 0 Å². The number of oxazole rings is 1. The van der Waals surface area contributed by atoms with Crippen LogP contribution in [0.3, 0.4) is 0 Å². The minimum absolute atomic E-state index is 0.173. The molecule has 1 aromatic carbocycles. The number of rotatable bonds is 6. The van der Waals surface area contributed by atoms with E-state index >= 15 is 0 Å². The van der Waals surface area contributed by atoms with Crippen LogP contribution in [0, 0.1) is 12.8 Å². The minimum Gasteiger partial charge on any atom is -0.448 e. The van der Waals surface area contributed by atoms with Gasteiger partial charge in [-0.2, -0.15) is 0 Å². The number of nitrogens with zero attached hydrogens (tertiary/aromatic N) is 2. The molecule has 25 heavy (non-hydrogen) atoms. The number of nitrogens with one attached hydrogen (secondary N) is 1. The van der Waals surface area contributed by atoms with Gasteiger partial charge in [0.1, 0.15) is 5.76 Å². The maximum Gasteiger partial charge on any atom is 0.273 e. The molecule has 6 nitrogen and oxygen atoms in total. The first-order valence-electron chi connectivity index (χ1n) is 8.77. The van der Waals surface area contributed by atoms with E-state index in [2.05, 4.69) is 15.2 Å². The molecule has 1 aromatic heterocycles. The highest BCUT2D eigenvalue weighted by Gasteiger charge is 2.22. The Morgan fingerprint density at radius 1 is 1.36 bits per heavy atom. The van der Waals surface area contributed by atoms with Crippen LogP contribution >= 0.6 is 0 Å². The standard InChI is InChI=1S/C19H25N3O3/c1-14-18(21-13-25-14)19(24)20-11-15-7-9-22(10-8-15)12-17(23)16-5-3-2-4-6-16/h2-6,13,15,17,23H,7-12H2,1H3,(H,20,24)/t17-/m1/s1. The fourth-order valence-corrected chi connectivity index (χ4v) is 3.24. The molecule has 134 valence electrons. The highest BCUT2D eigenvalue weighted by atomic mass is 16.3. The predicted molar refractivity (Wildman–Crippen MR) is 94.1 cm³/mol. The van der Waals surface area contributed by atoms with Gasteiger partial charge in [-0.05, 0) is 44.3 Å². The summed E-state index contributed by atoms with van der Waals surface area (Å²) in [5.74, 6) is 0.830. The number of carbonyl (C=O) groups excluding carboxylic acids is 1. The molecule has 0 radical (unpaired) electrons. The zero-order valence-electron chi connectivity index (χ0n) is 14.5. The molecule has 1 atom stereocenters. The van der Waals surface area contributed by atoms with Crippen LogP contribution in [0.2, 0.25) is 0 Å². The number of aliphatic hydroxyl groups is 1. The second-order valence-corrected chi connectivity index (χ2v) is 6.64. The summed E-state index contributed by atoms with van der Waals surface area (Å²) in [6.45, 7) is 4.92. The SMILES string of the molecule is Cc1ocnc1C(=O)NCC1CCN(C[C@@H](O)c2ccccc2)CC1. The lowest BCUT2D eigenvalue weighted by molar-refractivity contribution is 0.0850. The number of benzene rings is 1. The second kappa shape index (κ2) is 8.27. The summed E-state index contributed by atoms with van der Waals surface area (Å²) < 4.78 is 5.06. The van der Waals surface area contributed by atoms with Crippen LogP contribution in [0.1, 0.15) is 40.8 Å². The van der Waals surface area contributed by atoms with Crippen LogP contribution in [0.25, 0.3) is 0 Å². The van der Waals surface area contributed by atoms with Crippen LogP contribution in [-0.4, -0.2) is 47.1 Å². The smallest absolute Gasteiger partial charge is 0.273 e. The Bertz CT molecular complexity index is 678. The van der Waals surface area contributed by atoms with Crippen LogP contribution < -0.4 is 5.32 Å². The molecule has 6 heteroatoms. The van der Waals surface area contributed by atoms with Gasteiger partial charge < -0.3 is 19.7 Å². The third-order valence-corrected chi connectivity index (χ3v) is 4.83. The molecule has 1 fully saturated rings. The van der Waals surface area contributed by atoms with Crippen LogP contribution in [0.5, 0.6) is 0 Å². The highest BCUT2D eigenvalue weighted by molar-refractivity contribution is 5.92. The normalized spacial score (nSPS) is 17.4. The Hall–Kier alpha value is -2.18. The topological polar surface area (TPSA) is 78.6 Å². The van der Waals surface area contributed by atoms with Crippen molar-refractivity contribution in [3.63, 3.8) is 0 Å². The third-order valence-electron chi connectivity index (χ3n) is 4.83. The largest absolute Gasteiger partial charge is 0.448 e. The van der Waals surface area contributed by atoms with Crippen molar-refractivity contribution in [3.05, 3.63) is 53.7 Å². The van der Waals surface area contributed by atoms with Gasteiger partial charge in [-0.1, -0.05) is 30.3 Å². The molecule has 1 saturated heterocycles. The van der Waals surface area contributed by atoms with Crippen molar-refractivity contribution in [2.45, 2.75) is 25.9 Å². The number of aromatic nitrogens is 1. The summed E-state index contributed by atoms with van der Waals surface area (Å²) in [7, 11) is 0. The summed E-state index contributed by atoms with van der Waals surface area (Å²) >= 11 is 0. The summed E-state index contributed by atoms with van der Waals surface area (Å²) in [5, 5.41) is 13.3. The Morgan fingerprint density at radius 2 is 2.08 bits per heavy atom. The van der Waals surface area contributed by atoms with Crippen molar-refractivity contribution in [3.8, 4) is 0 Å². The van der Waals surface area contributed by atoms with E-state index in [4.69, 9.17) is 4.42 Å². The lowest BCUT2D eigenvalue weighted by Gasteiger charge is -2.33. The quantitative estimate of drug-likeness (QED) is 0.840. The van der Waals surface area contributed by atoms with Crippen molar-refractivity contribution >= 4 is 5.91 Å². The first-order valence-corrected chi connectivity index (χ1v) is 8.77. The molecule has 2 N–H and O–H groups in total. The Kier molecular flexibility index (Phi) is 5.83. The maximum atomic E-state index is 12.1. The molecule has 0 spiro atoms. The summed E-state index contributed by atoms with van der Waals surface area (Å²) in [5.41, 5.74) is 1.32. The van der Waals surface area contributed by atoms with Crippen molar-refractivity contribution in [2.75, 3.05) is 26.2 Å². The second-order valence-electron chi connectivity index (χ2n) is 6.64. The molecule has 1 aliphatic heterocycles. The van der Waals surface area contributed by atoms with E-state index in [0.29, 0.717) is 30.5 Å². The molecule has 0 unspecified atom stereocenters. The van der Waals surface area contributed by atoms with Gasteiger partial charge in [-0.3, -0.25) is 4.79 Å². The molecule has 1 amide bonds. The van der Waals surface area contributed by atoms with Gasteiger partial charge >= 0.3 is 0 Å². The first kappa shape index (κ1) is 17.6. The molecular weight excluding hydrogens is 318 g/mol. The monoisotopic (exact) mass is 343 g/mol. The van der Waals surface area contributed by atoms with Crippen molar-refractivity contribution in [2.24, 2.45) is 5.92 Å². The predicted octanol–water partition coefficient (Wildman–Crippen LogP) is 2.16. The molecule has 3 rings (SSSR count). The van der Waals surface area contributed by atoms with Crippen LogP contribution in [0.15, 0.2) is 41.1 Å². The average molecular weight is 343 g/mol. The Labute approximate surface area is 147 Å². The number of hydrogen-bond donors (Lipinski definition) is 2. The number of aliphatic hydroxyl groups excluding tert-OH is 1. The van der Waals surface area contributed by atoms with Crippen molar-refractivity contribution in [1.29, 1.82) is 0 Å². The van der Waals surface area contributed by atoms with Gasteiger partial charge in [0.05, 0.1) is 6.10 Å². The maximum absolute atomic E-state index is 12.1. The number of likely N-dealkylation sites (tertiary alicyclic amines) is 1. The molecule has 0 saturated carbocycles. The van der Waals surface area contributed by atoms with E-state index in [9.17, 15) is 9.90 Å². The van der Waals surface area contributed by atoms with E-state index in [1.165, 1.54) is 6.39 Å². The van der Waals surface area contributed by atoms with Gasteiger partial charge in [0.2, 0.25) is 0 Å². The van der Waals surface area contributed by atoms with Gasteiger partial charge in [-0.15, -0.1) is 0 Å². The average Bonchev–Trinajstić information content (AvgIpc) is 3.07. The van der Waals surface area contributed by atoms with Gasteiger partial charge in [0, 0.05) is 13.1 Å². The molecule has 0 aliphatic carbocycles. The van der Waals surface area contributed by atoms with E-state index in [-0.39, 0.29) is 5.91 Å². The Balaban J connectivity index is 1.40.